The van der Waals surface area contributed by atoms with Crippen molar-refractivity contribution in [1.82, 2.24) is 30.2 Å². The molecular formula is C16H21Cl3N6O2. The van der Waals surface area contributed by atoms with Crippen LogP contribution in [0.4, 0.5) is 0 Å². The molecule has 0 unspecified atom stereocenters. The van der Waals surface area contributed by atoms with E-state index in [0.717, 1.165) is 26.2 Å². The van der Waals surface area contributed by atoms with Crippen molar-refractivity contribution in [2.24, 2.45) is 0 Å². The van der Waals surface area contributed by atoms with Crippen LogP contribution in [0.3, 0.4) is 0 Å². The van der Waals surface area contributed by atoms with Crippen LogP contribution >= 0.6 is 34.8 Å². The van der Waals surface area contributed by atoms with Crippen molar-refractivity contribution in [3.05, 3.63) is 39.7 Å². The average Bonchev–Trinajstić information content (AvgIpc) is 2.58. The van der Waals surface area contributed by atoms with E-state index in [0.29, 0.717) is 21.3 Å². The van der Waals surface area contributed by atoms with Gasteiger partial charge >= 0.3 is 0 Å². The number of aromatic nitrogens is 4. The Bertz CT molecular complexity index is 653. The first-order chi connectivity index (χ1) is 12.8. The molecule has 1 N–H and O–H groups in total. The standard InChI is InChI=1S/C8H10ClN3O.C4H2Cl2N2.C4H9NO/c1-12-4-6(5-12)13-8-3-2-7(9)10-11-8;5-3-1-2-4(6)8-7-3;1-5-2-4(6)3-5/h2-3,6H,4-5H2,1H3;1-2H;4,6H,2-3H2,1H3. The molecule has 2 aromatic heterocycles. The van der Waals surface area contributed by atoms with E-state index < -0.39 is 0 Å². The molecule has 0 aromatic carbocycles. The quantitative estimate of drug-likeness (QED) is 0.765. The highest BCUT2D eigenvalue weighted by atomic mass is 35.5. The van der Waals surface area contributed by atoms with Crippen LogP contribution in [0.2, 0.25) is 15.5 Å². The minimum Gasteiger partial charge on any atom is -0.471 e. The van der Waals surface area contributed by atoms with E-state index in [2.05, 4.69) is 30.2 Å². The molecule has 0 radical (unpaired) electrons. The number of aliphatic hydroxyl groups is 1. The van der Waals surface area contributed by atoms with E-state index in [9.17, 15) is 0 Å². The lowest BCUT2D eigenvalue weighted by molar-refractivity contribution is 0.0196. The molecule has 11 heteroatoms. The molecule has 4 rings (SSSR count). The Balaban J connectivity index is 0.000000159. The SMILES string of the molecule is CN1CC(O)C1.CN1CC(Oc2ccc(Cl)nn2)C1.Clc1ccc(Cl)nn1. The topological polar surface area (TPSA) is 87.5 Å². The highest BCUT2D eigenvalue weighted by Gasteiger charge is 2.25. The first kappa shape index (κ1) is 22.0. The summed E-state index contributed by atoms with van der Waals surface area (Å²) in [5, 5.41) is 24.1. The van der Waals surface area contributed by atoms with Gasteiger partial charge in [-0.1, -0.05) is 34.8 Å². The fourth-order valence-electron chi connectivity index (χ4n) is 2.22. The van der Waals surface area contributed by atoms with Crippen LogP contribution in [0.1, 0.15) is 0 Å². The van der Waals surface area contributed by atoms with Gasteiger partial charge in [-0.25, -0.2) is 0 Å². The minimum absolute atomic E-state index is 0.0324. The maximum absolute atomic E-state index is 8.58. The molecule has 148 valence electrons. The number of likely N-dealkylation sites (N-methyl/N-ethyl adjacent to an activating group) is 2. The number of hydrogen-bond donors (Lipinski definition) is 1. The molecule has 0 spiro atoms. The number of nitrogens with zero attached hydrogens (tertiary/aromatic N) is 6. The van der Waals surface area contributed by atoms with Gasteiger partial charge in [0.15, 0.2) is 15.5 Å². The van der Waals surface area contributed by atoms with Crippen molar-refractivity contribution in [3.63, 3.8) is 0 Å². The minimum atomic E-state index is -0.0324. The summed E-state index contributed by atoms with van der Waals surface area (Å²) in [6, 6.07) is 6.56. The predicted octanol–water partition coefficient (Wildman–Crippen LogP) is 1.90. The first-order valence-electron chi connectivity index (χ1n) is 8.17. The Morgan fingerprint density at radius 1 is 0.815 bits per heavy atom. The summed E-state index contributed by atoms with van der Waals surface area (Å²) < 4.78 is 5.50. The van der Waals surface area contributed by atoms with Crippen LogP contribution in [-0.4, -0.2) is 87.8 Å². The number of hydrogen-bond acceptors (Lipinski definition) is 8. The summed E-state index contributed by atoms with van der Waals surface area (Å²) in [6.45, 7) is 3.62. The van der Waals surface area contributed by atoms with E-state index >= 15 is 0 Å². The zero-order chi connectivity index (χ0) is 19.8. The normalized spacial score (nSPS) is 17.6. The number of halogens is 3. The molecule has 0 bridgehead atoms. The van der Waals surface area contributed by atoms with E-state index in [1.165, 1.54) is 0 Å². The smallest absolute Gasteiger partial charge is 0.233 e. The molecular weight excluding hydrogens is 415 g/mol. The second-order valence-corrected chi connectivity index (χ2v) is 7.37. The zero-order valence-corrected chi connectivity index (χ0v) is 17.2. The van der Waals surface area contributed by atoms with Crippen LogP contribution in [0.5, 0.6) is 5.88 Å². The molecule has 0 atom stereocenters. The van der Waals surface area contributed by atoms with Gasteiger partial charge in [-0.3, -0.25) is 4.90 Å². The van der Waals surface area contributed by atoms with Crippen molar-refractivity contribution in [1.29, 1.82) is 0 Å². The van der Waals surface area contributed by atoms with Crippen molar-refractivity contribution in [3.8, 4) is 5.88 Å². The Morgan fingerprint density at radius 2 is 1.26 bits per heavy atom. The van der Waals surface area contributed by atoms with E-state index in [4.69, 9.17) is 44.6 Å². The fourth-order valence-corrected chi connectivity index (χ4v) is 2.52. The van der Waals surface area contributed by atoms with Crippen LogP contribution < -0.4 is 4.74 Å². The number of ether oxygens (including phenoxy) is 1. The lowest BCUT2D eigenvalue weighted by Gasteiger charge is -2.35. The van der Waals surface area contributed by atoms with Gasteiger partial charge in [0.1, 0.15) is 6.10 Å². The number of aliphatic hydroxyl groups excluding tert-OH is 1. The Hall–Kier alpha value is -1.29. The number of β-amino-alcohol motifs (C(OH)–C–C–N with tert-alkyl or cyclic N) is 1. The third-order valence-electron chi connectivity index (χ3n) is 3.57. The Kier molecular flexibility index (Phi) is 8.88. The first-order valence-corrected chi connectivity index (χ1v) is 9.31. The molecule has 2 fully saturated rings. The van der Waals surface area contributed by atoms with Gasteiger partial charge in [-0.15, -0.1) is 20.4 Å². The van der Waals surface area contributed by atoms with Crippen molar-refractivity contribution in [2.45, 2.75) is 12.2 Å². The number of likely N-dealkylation sites (tertiary alicyclic amines) is 2. The van der Waals surface area contributed by atoms with Crippen molar-refractivity contribution in [2.75, 3.05) is 40.3 Å². The van der Waals surface area contributed by atoms with Gasteiger partial charge in [-0.2, -0.15) is 0 Å². The second kappa shape index (κ2) is 10.9. The average molecular weight is 436 g/mol. The summed E-state index contributed by atoms with van der Waals surface area (Å²) in [5.41, 5.74) is 0. The molecule has 2 aliphatic heterocycles. The lowest BCUT2D eigenvalue weighted by atomic mass is 10.2. The molecule has 0 aliphatic carbocycles. The maximum atomic E-state index is 8.58. The zero-order valence-electron chi connectivity index (χ0n) is 15.0. The van der Waals surface area contributed by atoms with E-state index in [1.807, 2.05) is 14.1 Å². The molecule has 4 heterocycles. The predicted molar refractivity (Wildman–Crippen MR) is 105 cm³/mol. The summed E-state index contributed by atoms with van der Waals surface area (Å²) >= 11 is 16.3. The van der Waals surface area contributed by atoms with Crippen LogP contribution in [0.25, 0.3) is 0 Å². The van der Waals surface area contributed by atoms with Crippen molar-refractivity contribution < 1.29 is 9.84 Å². The van der Waals surface area contributed by atoms with Crippen LogP contribution in [-0.2, 0) is 0 Å². The molecule has 2 aromatic rings. The summed E-state index contributed by atoms with van der Waals surface area (Å²) in [4.78, 5) is 4.25. The maximum Gasteiger partial charge on any atom is 0.233 e. The highest BCUT2D eigenvalue weighted by molar-refractivity contribution is 6.31. The van der Waals surface area contributed by atoms with Crippen LogP contribution in [0.15, 0.2) is 24.3 Å². The molecule has 0 amide bonds. The summed E-state index contributed by atoms with van der Waals surface area (Å²) in [6.07, 6.45) is 0.218. The van der Waals surface area contributed by atoms with Gasteiger partial charge in [0.25, 0.3) is 0 Å². The van der Waals surface area contributed by atoms with Gasteiger partial charge in [-0.05, 0) is 32.3 Å². The van der Waals surface area contributed by atoms with Gasteiger partial charge in [0.2, 0.25) is 5.88 Å². The van der Waals surface area contributed by atoms with Crippen LogP contribution in [0, 0.1) is 0 Å². The highest BCUT2D eigenvalue weighted by Crippen LogP contribution is 2.14. The van der Waals surface area contributed by atoms with E-state index in [1.54, 1.807) is 24.3 Å². The summed E-state index contributed by atoms with van der Waals surface area (Å²) in [5.74, 6) is 0.544. The van der Waals surface area contributed by atoms with Gasteiger partial charge in [0, 0.05) is 32.2 Å². The van der Waals surface area contributed by atoms with Gasteiger partial charge in [0.05, 0.1) is 6.10 Å². The third kappa shape index (κ3) is 8.50. The number of rotatable bonds is 2. The van der Waals surface area contributed by atoms with Crippen molar-refractivity contribution >= 4 is 34.8 Å². The Morgan fingerprint density at radius 3 is 1.56 bits per heavy atom. The molecule has 27 heavy (non-hydrogen) atoms. The molecule has 8 nitrogen and oxygen atoms in total. The largest absolute Gasteiger partial charge is 0.471 e. The van der Waals surface area contributed by atoms with E-state index in [-0.39, 0.29) is 12.2 Å². The second-order valence-electron chi connectivity index (χ2n) is 6.21. The monoisotopic (exact) mass is 434 g/mol. The third-order valence-corrected chi connectivity index (χ3v) is 4.17. The molecule has 2 aliphatic rings. The fraction of sp³-hybridized carbons (Fsp3) is 0.500. The lowest BCUT2D eigenvalue weighted by Crippen LogP contribution is -2.51. The summed E-state index contributed by atoms with van der Waals surface area (Å²) in [7, 11) is 4.04. The molecule has 2 saturated heterocycles. The Labute approximate surface area is 173 Å². The molecule has 0 saturated carbocycles. The van der Waals surface area contributed by atoms with Gasteiger partial charge < -0.3 is 14.7 Å².